The first-order valence-electron chi connectivity index (χ1n) is 13.4. The van der Waals surface area contributed by atoms with Crippen LogP contribution < -0.4 is 14.4 Å². The molecule has 1 N–H and O–H groups in total. The number of carbonyl (C=O) groups is 2. The van der Waals surface area contributed by atoms with Gasteiger partial charge in [-0.2, -0.15) is 0 Å². The molecule has 0 unspecified atom stereocenters. The largest absolute Gasteiger partial charge is 0.497 e. The minimum absolute atomic E-state index is 0.0392. The predicted octanol–water partition coefficient (Wildman–Crippen LogP) is 5.35. The van der Waals surface area contributed by atoms with Gasteiger partial charge in [0, 0.05) is 18.1 Å². The van der Waals surface area contributed by atoms with Crippen LogP contribution in [0.3, 0.4) is 0 Å². The third-order valence-corrected chi connectivity index (χ3v) is 8.92. The summed E-state index contributed by atoms with van der Waals surface area (Å²) in [4.78, 5) is 28.6. The summed E-state index contributed by atoms with van der Waals surface area (Å²) in [6.07, 6.45) is 0. The molecule has 2 amide bonds. The number of nitrogens with zero attached hydrogens (tertiary/aromatic N) is 2. The van der Waals surface area contributed by atoms with E-state index in [4.69, 9.17) is 16.3 Å². The lowest BCUT2D eigenvalue weighted by atomic mass is 10.1. The summed E-state index contributed by atoms with van der Waals surface area (Å²) in [6, 6.07) is 17.7. The van der Waals surface area contributed by atoms with Gasteiger partial charge in [-0.1, -0.05) is 61.3 Å². The first-order valence-corrected chi connectivity index (χ1v) is 15.2. The Labute approximate surface area is 248 Å². The molecule has 0 saturated heterocycles. The molecule has 3 aromatic carbocycles. The zero-order valence-corrected chi connectivity index (χ0v) is 25.9. The number of amides is 2. The van der Waals surface area contributed by atoms with Gasteiger partial charge < -0.3 is 15.0 Å². The quantitative estimate of drug-likeness (QED) is 0.303. The average Bonchev–Trinajstić information content (AvgIpc) is 2.94. The number of halogens is 1. The monoisotopic (exact) mass is 599 g/mol. The van der Waals surface area contributed by atoms with E-state index < -0.39 is 28.5 Å². The van der Waals surface area contributed by atoms with E-state index in [1.165, 1.54) is 17.0 Å². The second-order valence-electron chi connectivity index (χ2n) is 10.4. The number of rotatable bonds is 12. The summed E-state index contributed by atoms with van der Waals surface area (Å²) >= 11 is 6.38. The SMILES string of the molecule is COc1cccc(CN(C(=O)CN(c2cccc(Cl)c2C)S(=O)(=O)c2ccc(C)cc2)[C@@H](C)C(=O)NCC(C)C)c1. The maximum Gasteiger partial charge on any atom is 0.264 e. The number of hydrogen-bond acceptors (Lipinski definition) is 5. The maximum absolute atomic E-state index is 14.1. The smallest absolute Gasteiger partial charge is 0.264 e. The topological polar surface area (TPSA) is 96.0 Å². The van der Waals surface area contributed by atoms with E-state index >= 15 is 0 Å². The normalized spacial score (nSPS) is 12.1. The molecule has 0 bridgehead atoms. The van der Waals surface area contributed by atoms with Crippen molar-refractivity contribution in [3.8, 4) is 5.75 Å². The number of nitrogens with one attached hydrogen (secondary N) is 1. The predicted molar refractivity (Wildman–Crippen MR) is 163 cm³/mol. The van der Waals surface area contributed by atoms with Crippen LogP contribution in [0.2, 0.25) is 5.02 Å². The second-order valence-corrected chi connectivity index (χ2v) is 12.7. The molecule has 0 heterocycles. The fraction of sp³-hybridized carbons (Fsp3) is 0.355. The molecule has 0 spiro atoms. The van der Waals surface area contributed by atoms with E-state index in [0.29, 0.717) is 22.9 Å². The Hall–Kier alpha value is -3.56. The first-order chi connectivity index (χ1) is 19.3. The summed E-state index contributed by atoms with van der Waals surface area (Å²) in [5.74, 6) is -0.0588. The Kier molecular flexibility index (Phi) is 10.8. The van der Waals surface area contributed by atoms with E-state index in [9.17, 15) is 18.0 Å². The van der Waals surface area contributed by atoms with Gasteiger partial charge in [0.15, 0.2) is 0 Å². The number of anilines is 1. The highest BCUT2D eigenvalue weighted by atomic mass is 35.5. The van der Waals surface area contributed by atoms with Crippen molar-refractivity contribution in [2.24, 2.45) is 5.92 Å². The molecule has 3 aromatic rings. The lowest BCUT2D eigenvalue weighted by molar-refractivity contribution is -0.139. The van der Waals surface area contributed by atoms with Gasteiger partial charge in [0.25, 0.3) is 10.0 Å². The van der Waals surface area contributed by atoms with Crippen LogP contribution in [-0.4, -0.2) is 51.4 Å². The number of aryl methyl sites for hydroxylation is 1. The van der Waals surface area contributed by atoms with Crippen LogP contribution in [-0.2, 0) is 26.2 Å². The number of benzene rings is 3. The molecule has 41 heavy (non-hydrogen) atoms. The number of carbonyl (C=O) groups excluding carboxylic acids is 2. The molecule has 8 nitrogen and oxygen atoms in total. The van der Waals surface area contributed by atoms with Gasteiger partial charge in [0.05, 0.1) is 17.7 Å². The highest BCUT2D eigenvalue weighted by Gasteiger charge is 2.33. The third-order valence-electron chi connectivity index (χ3n) is 6.73. The molecule has 0 saturated carbocycles. The minimum Gasteiger partial charge on any atom is -0.497 e. The molecule has 0 aliphatic rings. The summed E-state index contributed by atoms with van der Waals surface area (Å²) in [7, 11) is -2.64. The molecule has 0 aliphatic carbocycles. The van der Waals surface area contributed by atoms with Crippen molar-refractivity contribution in [3.63, 3.8) is 0 Å². The summed E-state index contributed by atoms with van der Waals surface area (Å²) in [5.41, 5.74) is 2.42. The number of methoxy groups -OCH3 is 1. The lowest BCUT2D eigenvalue weighted by Crippen LogP contribution is -2.51. The van der Waals surface area contributed by atoms with Gasteiger partial charge in [-0.05, 0) is 74.2 Å². The van der Waals surface area contributed by atoms with Crippen LogP contribution in [0.4, 0.5) is 5.69 Å². The Morgan fingerprint density at radius 3 is 2.27 bits per heavy atom. The fourth-order valence-electron chi connectivity index (χ4n) is 4.22. The number of sulfonamides is 1. The van der Waals surface area contributed by atoms with Crippen LogP contribution in [0, 0.1) is 19.8 Å². The Balaban J connectivity index is 2.06. The molecule has 10 heteroatoms. The molecule has 0 radical (unpaired) electrons. The van der Waals surface area contributed by atoms with E-state index in [-0.39, 0.29) is 29.0 Å². The zero-order chi connectivity index (χ0) is 30.3. The molecule has 220 valence electrons. The highest BCUT2D eigenvalue weighted by molar-refractivity contribution is 7.92. The summed E-state index contributed by atoms with van der Waals surface area (Å²) in [6.45, 7) is 9.13. The molecular formula is C31H38ClN3O5S. The van der Waals surface area contributed by atoms with Crippen molar-refractivity contribution in [3.05, 3.63) is 88.4 Å². The summed E-state index contributed by atoms with van der Waals surface area (Å²) in [5, 5.41) is 3.25. The maximum atomic E-state index is 14.1. The molecule has 3 rings (SSSR count). The van der Waals surface area contributed by atoms with Crippen molar-refractivity contribution in [1.82, 2.24) is 10.2 Å². The number of hydrogen-bond donors (Lipinski definition) is 1. The van der Waals surface area contributed by atoms with Gasteiger partial charge in [-0.3, -0.25) is 13.9 Å². The fourth-order valence-corrected chi connectivity index (χ4v) is 5.86. The Morgan fingerprint density at radius 1 is 0.976 bits per heavy atom. The molecule has 0 aromatic heterocycles. The number of ether oxygens (including phenoxy) is 1. The van der Waals surface area contributed by atoms with Crippen LogP contribution in [0.25, 0.3) is 0 Å². The van der Waals surface area contributed by atoms with Crippen molar-refractivity contribution in [2.75, 3.05) is 24.5 Å². The van der Waals surface area contributed by atoms with Crippen LogP contribution in [0.1, 0.15) is 37.5 Å². The molecule has 0 fully saturated rings. The zero-order valence-electron chi connectivity index (χ0n) is 24.3. The highest BCUT2D eigenvalue weighted by Crippen LogP contribution is 2.31. The van der Waals surface area contributed by atoms with E-state index in [2.05, 4.69) is 5.32 Å². The minimum atomic E-state index is -4.18. The second kappa shape index (κ2) is 13.9. The first kappa shape index (κ1) is 32.0. The van der Waals surface area contributed by atoms with E-state index in [1.54, 1.807) is 69.5 Å². The molecule has 1 atom stereocenters. The Morgan fingerprint density at radius 2 is 1.63 bits per heavy atom. The summed E-state index contributed by atoms with van der Waals surface area (Å²) < 4.78 is 34.4. The average molecular weight is 600 g/mol. The van der Waals surface area contributed by atoms with Crippen LogP contribution >= 0.6 is 11.6 Å². The van der Waals surface area contributed by atoms with Crippen molar-refractivity contribution < 1.29 is 22.7 Å². The van der Waals surface area contributed by atoms with Gasteiger partial charge in [0.1, 0.15) is 18.3 Å². The standard InChI is InChI=1S/C31H38ClN3O5S/c1-21(2)18-33-31(37)24(5)34(19-25-9-7-10-26(17-25)40-6)30(36)20-35(29-12-8-11-28(32)23(29)4)41(38,39)27-15-13-22(3)14-16-27/h7-17,21,24H,18-20H2,1-6H3,(H,33,37)/t24-/m0/s1. The molecule has 0 aliphatic heterocycles. The third kappa shape index (κ3) is 8.01. The van der Waals surface area contributed by atoms with Crippen molar-refractivity contribution in [2.45, 2.75) is 52.1 Å². The van der Waals surface area contributed by atoms with E-state index in [1.807, 2.05) is 26.8 Å². The van der Waals surface area contributed by atoms with Crippen LogP contribution in [0.5, 0.6) is 5.75 Å². The lowest BCUT2D eigenvalue weighted by Gasteiger charge is -2.32. The Bertz CT molecular complexity index is 1480. The van der Waals surface area contributed by atoms with E-state index in [0.717, 1.165) is 15.4 Å². The van der Waals surface area contributed by atoms with Crippen molar-refractivity contribution >= 4 is 39.1 Å². The van der Waals surface area contributed by atoms with Crippen LogP contribution in [0.15, 0.2) is 71.6 Å². The molecular weight excluding hydrogens is 562 g/mol. The van der Waals surface area contributed by atoms with Gasteiger partial charge in [-0.25, -0.2) is 8.42 Å². The van der Waals surface area contributed by atoms with Crippen molar-refractivity contribution in [1.29, 1.82) is 0 Å². The van der Waals surface area contributed by atoms with Gasteiger partial charge in [0.2, 0.25) is 11.8 Å². The van der Waals surface area contributed by atoms with Gasteiger partial charge >= 0.3 is 0 Å². The van der Waals surface area contributed by atoms with Gasteiger partial charge in [-0.15, -0.1) is 0 Å².